The zero-order chi connectivity index (χ0) is 43.5. The molecule has 11 heteroatoms. The van der Waals surface area contributed by atoms with Crippen LogP contribution in [0, 0.1) is 11.3 Å². The van der Waals surface area contributed by atoms with E-state index < -0.39 is 0 Å². The molecule has 299 valence electrons. The van der Waals surface area contributed by atoms with Crippen molar-refractivity contribution in [2.75, 3.05) is 0 Å². The van der Waals surface area contributed by atoms with Gasteiger partial charge in [-0.15, -0.1) is 0 Å². The SMILES string of the molecule is C=C/C=C\c1c(/C=C(C=C)/C(C)=C/C(=C\C)c2n/c(=C/C(=C\C)c3nc(-c4ccccc4)nc(-c4ccccc4)n3)c(=BC)s2)c([B]C)n(-c2nc(C=C)c(C=BC)o2)c1C. The Kier molecular flexibility index (Phi) is 14.9. The molecule has 0 aliphatic heterocycles. The molecular formula is C50H48B3N6OS. The molecular weight excluding hydrogens is 765 g/mol. The van der Waals surface area contributed by atoms with Crippen LogP contribution in [0.2, 0.25) is 20.5 Å². The van der Waals surface area contributed by atoms with Gasteiger partial charge in [0.05, 0.1) is 0 Å². The zero-order valence-electron chi connectivity index (χ0n) is 36.0. The minimum absolute atomic E-state index is 0.467. The second kappa shape index (κ2) is 20.6. The third-order valence-electron chi connectivity index (χ3n) is 9.99. The monoisotopic (exact) mass is 813 g/mol. The fraction of sp³-hybridized carbons (Fsp3) is 0.140. The number of hydrogen-bond donors (Lipinski definition) is 0. The average Bonchev–Trinajstić information content (AvgIpc) is 3.98. The van der Waals surface area contributed by atoms with Crippen molar-refractivity contribution < 1.29 is 4.42 Å². The molecule has 0 saturated heterocycles. The van der Waals surface area contributed by atoms with Gasteiger partial charge in [-0.1, -0.05) is 0 Å². The molecule has 1 radical (unpaired) electrons. The molecule has 0 saturated carbocycles. The normalized spacial score (nSPS) is 13.2. The minimum atomic E-state index is 0.467. The summed E-state index contributed by atoms with van der Waals surface area (Å²) in [4.78, 5) is 24.8. The third kappa shape index (κ3) is 9.74. The first kappa shape index (κ1) is 44.0. The summed E-state index contributed by atoms with van der Waals surface area (Å²) in [5.41, 5.74) is 10.3. The molecule has 0 N–H and O–H groups in total. The first-order valence-electron chi connectivity index (χ1n) is 20.2. The molecule has 0 atom stereocenters. The van der Waals surface area contributed by atoms with Crippen LogP contribution in [0.25, 0.3) is 64.2 Å². The zero-order valence-corrected chi connectivity index (χ0v) is 36.8. The summed E-state index contributed by atoms with van der Waals surface area (Å²) in [6.45, 7) is 30.4. The van der Waals surface area contributed by atoms with Crippen LogP contribution in [-0.2, 0) is 0 Å². The van der Waals surface area contributed by atoms with E-state index in [0.717, 1.165) is 70.6 Å². The second-order valence-electron chi connectivity index (χ2n) is 13.8. The van der Waals surface area contributed by atoms with Crippen molar-refractivity contribution in [3.8, 4) is 28.8 Å². The van der Waals surface area contributed by atoms with Gasteiger partial charge in [0.2, 0.25) is 0 Å². The maximum atomic E-state index is 6.29. The topological polar surface area (TPSA) is 82.5 Å². The summed E-state index contributed by atoms with van der Waals surface area (Å²) in [6, 6.07) is 20.5. The first-order valence-corrected chi connectivity index (χ1v) is 21.0. The molecule has 61 heavy (non-hydrogen) atoms. The Bertz CT molecular complexity index is 2850. The Morgan fingerprint density at radius 3 is 2.02 bits per heavy atom. The van der Waals surface area contributed by atoms with Crippen molar-refractivity contribution in [2.45, 2.75) is 48.2 Å². The quantitative estimate of drug-likeness (QED) is 0.0759. The molecule has 4 aromatic heterocycles. The van der Waals surface area contributed by atoms with Crippen molar-refractivity contribution in [1.82, 2.24) is 29.5 Å². The van der Waals surface area contributed by atoms with E-state index in [1.165, 1.54) is 0 Å². The van der Waals surface area contributed by atoms with Crippen LogP contribution in [0.4, 0.5) is 0 Å². The molecule has 6 aromatic rings. The van der Waals surface area contributed by atoms with Crippen molar-refractivity contribution in [1.29, 1.82) is 0 Å². The van der Waals surface area contributed by atoms with Gasteiger partial charge in [-0.05, 0) is 0 Å². The van der Waals surface area contributed by atoms with Gasteiger partial charge < -0.3 is 0 Å². The Morgan fingerprint density at radius 2 is 1.48 bits per heavy atom. The molecule has 0 unspecified atom stereocenters. The maximum absolute atomic E-state index is 6.29. The average molecular weight is 813 g/mol. The van der Waals surface area contributed by atoms with E-state index in [4.69, 9.17) is 29.3 Å². The van der Waals surface area contributed by atoms with Crippen LogP contribution in [0.3, 0.4) is 0 Å². The number of nitrogens with zero attached hydrogens (tertiary/aromatic N) is 6. The summed E-state index contributed by atoms with van der Waals surface area (Å²) in [6.07, 6.45) is 19.9. The fourth-order valence-corrected chi connectivity index (χ4v) is 7.84. The molecule has 0 amide bonds. The Labute approximate surface area is 365 Å². The van der Waals surface area contributed by atoms with Crippen molar-refractivity contribution >= 4 is 79.5 Å². The van der Waals surface area contributed by atoms with E-state index >= 15 is 0 Å². The van der Waals surface area contributed by atoms with Crippen molar-refractivity contribution in [3.63, 3.8) is 0 Å². The van der Waals surface area contributed by atoms with Gasteiger partial charge in [-0.25, -0.2) is 0 Å². The van der Waals surface area contributed by atoms with Crippen molar-refractivity contribution in [3.05, 3.63) is 177 Å². The van der Waals surface area contributed by atoms with E-state index in [1.807, 2.05) is 131 Å². The fourth-order valence-electron chi connectivity index (χ4n) is 6.87. The number of benzene rings is 2. The Balaban J connectivity index is 1.42. The van der Waals surface area contributed by atoms with E-state index in [9.17, 15) is 0 Å². The molecule has 7 nitrogen and oxygen atoms in total. The molecule has 6 rings (SSSR count). The molecule has 0 aliphatic carbocycles. The summed E-state index contributed by atoms with van der Waals surface area (Å²) < 4.78 is 9.38. The standard InChI is InChI=1S/C50H48B3N6OS/c1-11-16-27-39-33(7)59(50-55-41(15-5)43(60-50)31-51-8)44(52-9)40(39)29-34(12-2)32(6)28-36(14-4)49-54-42(45(53-10)61-49)30-35(13-3)46-56-47(37-23-19-17-20-24-37)58-48(57-46)38-25-21-18-22-26-38/h11-31H,1-2,5H2,3-4,6-10H3/b27-16-,32-28+,34-29+,35-13+,36-14+,42-30+. The number of rotatable bonds is 15. The second-order valence-corrected chi connectivity index (χ2v) is 14.9. The van der Waals surface area contributed by atoms with Crippen LogP contribution in [-0.4, -0.2) is 56.6 Å². The van der Waals surface area contributed by atoms with E-state index in [0.29, 0.717) is 34.9 Å². The van der Waals surface area contributed by atoms with Crippen LogP contribution in [0.1, 0.15) is 59.9 Å². The summed E-state index contributed by atoms with van der Waals surface area (Å²) in [5, 5.41) is 1.73. The molecule has 0 fully saturated rings. The van der Waals surface area contributed by atoms with Crippen LogP contribution >= 0.6 is 11.3 Å². The predicted octanol–water partition coefficient (Wildman–Crippen LogP) is 10.4. The summed E-state index contributed by atoms with van der Waals surface area (Å²) in [7, 11) is 2.08. The van der Waals surface area contributed by atoms with E-state index in [2.05, 4.69) is 78.2 Å². The van der Waals surface area contributed by atoms with Gasteiger partial charge in [0.25, 0.3) is 0 Å². The van der Waals surface area contributed by atoms with Gasteiger partial charge in [0.1, 0.15) is 0 Å². The van der Waals surface area contributed by atoms with Gasteiger partial charge in [-0.2, -0.15) is 0 Å². The van der Waals surface area contributed by atoms with Gasteiger partial charge in [0.15, 0.2) is 0 Å². The third-order valence-corrected chi connectivity index (χ3v) is 11.2. The number of oxazole rings is 1. The molecule has 0 bridgehead atoms. The summed E-state index contributed by atoms with van der Waals surface area (Å²) >= 11 is 1.64. The van der Waals surface area contributed by atoms with E-state index in [-0.39, 0.29) is 0 Å². The summed E-state index contributed by atoms with van der Waals surface area (Å²) in [5.74, 6) is 4.35. The van der Waals surface area contributed by atoms with Crippen LogP contribution < -0.4 is 10.9 Å². The van der Waals surface area contributed by atoms with Gasteiger partial charge >= 0.3 is 367 Å². The number of allylic oxidation sites excluding steroid dienone is 10. The Morgan fingerprint density at radius 1 is 0.820 bits per heavy atom. The molecule has 0 spiro atoms. The molecule has 4 heterocycles. The van der Waals surface area contributed by atoms with E-state index in [1.54, 1.807) is 23.5 Å². The predicted molar refractivity (Wildman–Crippen MR) is 265 cm³/mol. The number of hydrogen-bond acceptors (Lipinski definition) is 7. The number of thiazole rings is 1. The number of aromatic nitrogens is 6. The van der Waals surface area contributed by atoms with Gasteiger partial charge in [0, 0.05) is 0 Å². The van der Waals surface area contributed by atoms with Crippen molar-refractivity contribution in [2.24, 2.45) is 0 Å². The first-order chi connectivity index (χ1) is 29.7. The van der Waals surface area contributed by atoms with Gasteiger partial charge in [-0.3, -0.25) is 0 Å². The molecule has 0 aliphatic rings. The van der Waals surface area contributed by atoms with Crippen LogP contribution in [0.15, 0.2) is 132 Å². The molecule has 2 aromatic carbocycles. The Hall–Kier alpha value is -6.58. The van der Waals surface area contributed by atoms with Crippen LogP contribution in [0.5, 0.6) is 0 Å².